The number of rotatable bonds is 11. The Morgan fingerprint density at radius 3 is 2.34 bits per heavy atom. The van der Waals surface area contributed by atoms with Crippen LogP contribution in [0.4, 0.5) is 29.5 Å². The molecule has 7 rings (SSSR count). The molecule has 3 aliphatic heterocycles. The van der Waals surface area contributed by atoms with Crippen LogP contribution in [0, 0.1) is 0 Å². The zero-order chi connectivity index (χ0) is 43.3. The standard InChI is InChI=1S/C41H45ClF3N9O7/c42-31-23-26(22-30(35(31)46)41(43,44)45)24-32(61-40(59)53-14-11-29(12-15-53)54-39(58)48-36(49-54)27-6-2-1-3-7-27)37(56)52-18-16-50(17-19-52)33-10-9-28(25-47-33)38(57)60-21-20-51-13-5-4-8-34(51)55/h1-3,6-7,9-10,22-23,25,29,32H,4-5,8,11-21,24,46H2,(H,48,49,58)/t32-/m1/s1. The van der Waals surface area contributed by atoms with Gasteiger partial charge in [-0.1, -0.05) is 41.9 Å². The Kier molecular flexibility index (Phi) is 13.1. The third-order valence-electron chi connectivity index (χ3n) is 11.1. The number of hydrogen-bond donors (Lipinski definition) is 2. The number of carbonyl (C=O) groups is 4. The Hall–Kier alpha value is -6.11. The van der Waals surface area contributed by atoms with E-state index in [1.165, 1.54) is 26.7 Å². The Morgan fingerprint density at radius 2 is 1.67 bits per heavy atom. The second-order valence-electron chi connectivity index (χ2n) is 15.1. The predicted molar refractivity (Wildman–Crippen MR) is 217 cm³/mol. The van der Waals surface area contributed by atoms with E-state index in [4.69, 9.17) is 26.8 Å². The first-order chi connectivity index (χ1) is 29.2. The zero-order valence-corrected chi connectivity index (χ0v) is 33.9. The second kappa shape index (κ2) is 18.7. The minimum atomic E-state index is -4.83. The molecule has 1 atom stereocenters. The van der Waals surface area contributed by atoms with Gasteiger partial charge in [-0.25, -0.2) is 24.0 Å². The van der Waals surface area contributed by atoms with E-state index in [-0.39, 0.29) is 60.9 Å². The maximum atomic E-state index is 14.1. The van der Waals surface area contributed by atoms with Crippen LogP contribution in [0.5, 0.6) is 0 Å². The summed E-state index contributed by atoms with van der Waals surface area (Å²) < 4.78 is 54.2. The van der Waals surface area contributed by atoms with Gasteiger partial charge in [0.25, 0.3) is 5.91 Å². The maximum Gasteiger partial charge on any atom is 0.418 e. The zero-order valence-electron chi connectivity index (χ0n) is 33.1. The van der Waals surface area contributed by atoms with Crippen LogP contribution in [0.3, 0.4) is 0 Å². The number of piperidine rings is 2. The third-order valence-corrected chi connectivity index (χ3v) is 11.4. The molecule has 3 saturated heterocycles. The van der Waals surface area contributed by atoms with Crippen molar-refractivity contribution in [1.29, 1.82) is 0 Å². The Labute approximate surface area is 353 Å². The largest absolute Gasteiger partial charge is 0.460 e. The first-order valence-electron chi connectivity index (χ1n) is 20.0. The van der Waals surface area contributed by atoms with Crippen molar-refractivity contribution in [2.45, 2.75) is 56.8 Å². The lowest BCUT2D eigenvalue weighted by Gasteiger charge is -2.37. The molecule has 4 aromatic rings. The van der Waals surface area contributed by atoms with Crippen molar-refractivity contribution < 1.29 is 41.8 Å². The number of aromatic amines is 1. The number of hydrogen-bond acceptors (Lipinski definition) is 11. The molecule has 2 aromatic heterocycles. The van der Waals surface area contributed by atoms with E-state index in [1.807, 2.05) is 35.2 Å². The molecule has 61 heavy (non-hydrogen) atoms. The van der Waals surface area contributed by atoms with Gasteiger partial charge in [0.15, 0.2) is 11.9 Å². The van der Waals surface area contributed by atoms with Crippen molar-refractivity contribution in [1.82, 2.24) is 34.4 Å². The first kappa shape index (κ1) is 43.0. The van der Waals surface area contributed by atoms with Gasteiger partial charge in [0, 0.05) is 70.4 Å². The molecule has 3 aliphatic rings. The molecule has 0 aliphatic carbocycles. The topological polar surface area (TPSA) is 189 Å². The number of esters is 1. The average molecular weight is 868 g/mol. The van der Waals surface area contributed by atoms with Crippen LogP contribution >= 0.6 is 11.6 Å². The summed E-state index contributed by atoms with van der Waals surface area (Å²) in [4.78, 5) is 78.8. The van der Waals surface area contributed by atoms with Gasteiger partial charge >= 0.3 is 23.9 Å². The Morgan fingerprint density at radius 1 is 0.934 bits per heavy atom. The number of carbonyl (C=O) groups excluding carboxylic acids is 4. The summed E-state index contributed by atoms with van der Waals surface area (Å²) in [5, 5.41) is 4.11. The summed E-state index contributed by atoms with van der Waals surface area (Å²) in [6, 6.07) is 14.1. The first-order valence-corrected chi connectivity index (χ1v) is 20.4. The molecule has 0 saturated carbocycles. The summed E-state index contributed by atoms with van der Waals surface area (Å²) in [5.74, 6) is -0.178. The summed E-state index contributed by atoms with van der Waals surface area (Å²) >= 11 is 6.12. The number of H-pyrrole nitrogens is 1. The lowest BCUT2D eigenvalue weighted by atomic mass is 10.0. The van der Waals surface area contributed by atoms with Crippen LogP contribution in [-0.4, -0.2) is 123 Å². The summed E-state index contributed by atoms with van der Waals surface area (Å²) in [5.41, 5.74) is 4.40. The molecular weight excluding hydrogens is 823 g/mol. The Balaban J connectivity index is 0.982. The fourth-order valence-corrected chi connectivity index (χ4v) is 7.94. The van der Waals surface area contributed by atoms with Gasteiger partial charge in [0.05, 0.1) is 34.4 Å². The summed E-state index contributed by atoms with van der Waals surface area (Å²) in [6.45, 7) is 2.32. The molecule has 0 unspecified atom stereocenters. The smallest absolute Gasteiger partial charge is 0.418 e. The fraction of sp³-hybridized carbons (Fsp3) is 0.439. The minimum absolute atomic E-state index is 0.00931. The van der Waals surface area contributed by atoms with E-state index >= 15 is 0 Å². The number of pyridine rings is 1. The highest BCUT2D eigenvalue weighted by atomic mass is 35.5. The molecule has 324 valence electrons. The minimum Gasteiger partial charge on any atom is -0.460 e. The van der Waals surface area contributed by atoms with Gasteiger partial charge in [-0.15, -0.1) is 5.10 Å². The number of halogens is 4. The molecule has 2 aromatic carbocycles. The van der Waals surface area contributed by atoms with E-state index < -0.39 is 53.6 Å². The summed E-state index contributed by atoms with van der Waals surface area (Å²) in [6.07, 6.45) is -3.22. The maximum absolute atomic E-state index is 14.1. The van der Waals surface area contributed by atoms with Gasteiger partial charge in [0.1, 0.15) is 12.4 Å². The highest BCUT2D eigenvalue weighted by Crippen LogP contribution is 2.38. The molecule has 5 heterocycles. The average Bonchev–Trinajstić information content (AvgIpc) is 3.66. The molecule has 3 N–H and O–H groups in total. The van der Waals surface area contributed by atoms with Crippen LogP contribution in [0.25, 0.3) is 11.4 Å². The molecule has 0 radical (unpaired) electrons. The van der Waals surface area contributed by atoms with Crippen molar-refractivity contribution in [3.8, 4) is 11.4 Å². The van der Waals surface area contributed by atoms with Gasteiger partial charge in [0.2, 0.25) is 5.91 Å². The van der Waals surface area contributed by atoms with Crippen molar-refractivity contribution >= 4 is 47.0 Å². The third kappa shape index (κ3) is 10.3. The number of likely N-dealkylation sites (tertiary alicyclic amines) is 2. The SMILES string of the molecule is Nc1c(Cl)cc(C[C@@H](OC(=O)N2CCC(n3nc(-c4ccccc4)[nH]c3=O)CC2)C(=O)N2CCN(c3ccc(C(=O)OCCN4CCCCC4=O)cn3)CC2)cc1C(F)(F)F. The number of piperazine rings is 1. The van der Waals surface area contributed by atoms with Crippen molar-refractivity contribution in [3.05, 3.63) is 93.0 Å². The van der Waals surface area contributed by atoms with Crippen LogP contribution in [-0.2, 0) is 31.7 Å². The van der Waals surface area contributed by atoms with Gasteiger partial charge in [-0.3, -0.25) is 14.6 Å². The van der Waals surface area contributed by atoms with E-state index in [1.54, 1.807) is 17.0 Å². The quantitative estimate of drug-likeness (QED) is 0.156. The molecule has 0 spiro atoms. The van der Waals surface area contributed by atoms with Crippen LogP contribution in [0.15, 0.2) is 65.6 Å². The molecule has 20 heteroatoms. The number of nitrogens with two attached hydrogens (primary N) is 1. The van der Waals surface area contributed by atoms with Crippen LogP contribution < -0.4 is 16.3 Å². The predicted octanol–water partition coefficient (Wildman–Crippen LogP) is 4.79. The molecule has 3 amide bonds. The number of nitrogens with one attached hydrogen (secondary N) is 1. The number of ether oxygens (including phenoxy) is 2. The molecule has 3 fully saturated rings. The number of anilines is 2. The number of nitrogens with zero attached hydrogens (tertiary/aromatic N) is 7. The Bertz CT molecular complexity index is 2270. The molecular formula is C41H45ClF3N9O7. The van der Waals surface area contributed by atoms with E-state index in [0.29, 0.717) is 57.1 Å². The van der Waals surface area contributed by atoms with E-state index in [2.05, 4.69) is 15.1 Å². The van der Waals surface area contributed by atoms with Crippen LogP contribution in [0.1, 0.15) is 59.6 Å². The second-order valence-corrected chi connectivity index (χ2v) is 15.5. The molecule has 0 bridgehead atoms. The normalized spacial score (nSPS) is 17.0. The van der Waals surface area contributed by atoms with Gasteiger partial charge < -0.3 is 34.8 Å². The summed E-state index contributed by atoms with van der Waals surface area (Å²) in [7, 11) is 0. The number of alkyl halides is 3. The van der Waals surface area contributed by atoms with E-state index in [0.717, 1.165) is 24.5 Å². The highest BCUT2D eigenvalue weighted by molar-refractivity contribution is 6.33. The monoisotopic (exact) mass is 867 g/mol. The van der Waals surface area contributed by atoms with Crippen LogP contribution in [0.2, 0.25) is 5.02 Å². The van der Waals surface area contributed by atoms with Crippen molar-refractivity contribution in [2.24, 2.45) is 0 Å². The number of nitrogen functional groups attached to an aromatic ring is 1. The lowest BCUT2D eigenvalue weighted by molar-refractivity contribution is -0.141. The van der Waals surface area contributed by atoms with Gasteiger partial charge in [-0.05, 0) is 55.5 Å². The van der Waals surface area contributed by atoms with E-state index in [9.17, 15) is 37.1 Å². The lowest BCUT2D eigenvalue weighted by Crippen LogP contribution is -2.53. The fourth-order valence-electron chi connectivity index (χ4n) is 7.70. The number of aromatic nitrogens is 4. The molecule has 16 nitrogen and oxygen atoms in total. The van der Waals surface area contributed by atoms with Crippen molar-refractivity contribution in [2.75, 3.05) is 69.6 Å². The van der Waals surface area contributed by atoms with Crippen molar-refractivity contribution in [3.63, 3.8) is 0 Å². The number of benzene rings is 2. The highest BCUT2D eigenvalue weighted by Gasteiger charge is 2.37. The number of amides is 3. The van der Waals surface area contributed by atoms with Gasteiger partial charge in [-0.2, -0.15) is 13.2 Å².